The number of rotatable bonds is 3. The number of sulfonamides is 1. The van der Waals surface area contributed by atoms with E-state index in [1.54, 1.807) is 27.1 Å². The van der Waals surface area contributed by atoms with Crippen LogP contribution in [0.15, 0.2) is 23.2 Å². The Kier molecular flexibility index (Phi) is 3.66. The molecule has 0 unspecified atom stereocenters. The molecule has 0 saturated carbocycles. The molecule has 0 amide bonds. The summed E-state index contributed by atoms with van der Waals surface area (Å²) in [5.41, 5.74) is 7.56. The van der Waals surface area contributed by atoms with E-state index in [1.807, 2.05) is 0 Å². The van der Waals surface area contributed by atoms with Crippen molar-refractivity contribution < 1.29 is 8.42 Å². The fourth-order valence-electron chi connectivity index (χ4n) is 1.82. The van der Waals surface area contributed by atoms with Crippen LogP contribution in [0.2, 0.25) is 5.02 Å². The van der Waals surface area contributed by atoms with Crippen LogP contribution in [0.1, 0.15) is 11.3 Å². The molecule has 1 aromatic carbocycles. The van der Waals surface area contributed by atoms with E-state index < -0.39 is 10.0 Å². The number of nitrogens with two attached hydrogens (primary N) is 1. The zero-order chi connectivity index (χ0) is 15.1. The first-order valence-electron chi connectivity index (χ1n) is 5.79. The molecule has 20 heavy (non-hydrogen) atoms. The van der Waals surface area contributed by atoms with Gasteiger partial charge in [0, 0.05) is 13.2 Å². The van der Waals surface area contributed by atoms with Crippen LogP contribution in [-0.2, 0) is 17.1 Å². The number of halogens is 1. The van der Waals surface area contributed by atoms with Gasteiger partial charge in [0.25, 0.3) is 10.0 Å². The van der Waals surface area contributed by atoms with Gasteiger partial charge in [-0.05, 0) is 31.5 Å². The second-order valence-corrected chi connectivity index (χ2v) is 6.61. The maximum absolute atomic E-state index is 12.3. The van der Waals surface area contributed by atoms with Gasteiger partial charge in [-0.3, -0.25) is 9.40 Å². The first-order chi connectivity index (χ1) is 9.20. The Bertz CT molecular complexity index is 745. The van der Waals surface area contributed by atoms with Crippen LogP contribution in [0, 0.1) is 13.8 Å². The lowest BCUT2D eigenvalue weighted by atomic mass is 10.2. The van der Waals surface area contributed by atoms with Crippen LogP contribution >= 0.6 is 11.6 Å². The molecule has 0 aliphatic heterocycles. The Morgan fingerprint density at radius 1 is 1.35 bits per heavy atom. The lowest BCUT2D eigenvalue weighted by Gasteiger charge is -2.10. The molecule has 108 valence electrons. The predicted octanol–water partition coefficient (Wildman–Crippen LogP) is 2.07. The van der Waals surface area contributed by atoms with Gasteiger partial charge in [0.15, 0.2) is 0 Å². The van der Waals surface area contributed by atoms with Gasteiger partial charge in [0.05, 0.1) is 27.0 Å². The standard InChI is InChI=1S/C12H15ClN4O2S/c1-7-4-9(5-10(14)12(7)13)20(18,19)16-11-6-17(3)15-8(11)2/h4-6,16H,14H2,1-3H3. The fourth-order valence-corrected chi connectivity index (χ4v) is 3.15. The molecular weight excluding hydrogens is 300 g/mol. The van der Waals surface area contributed by atoms with Crippen molar-refractivity contribution in [1.82, 2.24) is 9.78 Å². The van der Waals surface area contributed by atoms with Crippen LogP contribution < -0.4 is 10.5 Å². The van der Waals surface area contributed by atoms with E-state index in [1.165, 1.54) is 16.8 Å². The Labute approximate surface area is 122 Å². The van der Waals surface area contributed by atoms with Crippen molar-refractivity contribution in [3.63, 3.8) is 0 Å². The topological polar surface area (TPSA) is 90.0 Å². The third-order valence-electron chi connectivity index (χ3n) is 2.82. The molecule has 2 rings (SSSR count). The van der Waals surface area contributed by atoms with Crippen LogP contribution in [0.25, 0.3) is 0 Å². The molecule has 0 radical (unpaired) electrons. The van der Waals surface area contributed by atoms with Crippen molar-refractivity contribution in [2.45, 2.75) is 18.7 Å². The fraction of sp³-hybridized carbons (Fsp3) is 0.250. The van der Waals surface area contributed by atoms with Gasteiger partial charge in [-0.2, -0.15) is 5.10 Å². The highest BCUT2D eigenvalue weighted by Gasteiger charge is 2.18. The minimum atomic E-state index is -3.73. The normalized spacial score (nSPS) is 11.6. The molecule has 0 fully saturated rings. The molecule has 0 saturated heterocycles. The SMILES string of the molecule is Cc1cc(S(=O)(=O)Nc2cn(C)nc2C)cc(N)c1Cl. The number of nitrogens with one attached hydrogen (secondary N) is 1. The van der Waals surface area contributed by atoms with Crippen LogP contribution in [0.4, 0.5) is 11.4 Å². The number of nitrogen functional groups attached to an aromatic ring is 1. The third-order valence-corrected chi connectivity index (χ3v) is 4.69. The summed E-state index contributed by atoms with van der Waals surface area (Å²) in [7, 11) is -2.01. The summed E-state index contributed by atoms with van der Waals surface area (Å²) in [5, 5.41) is 4.44. The highest BCUT2D eigenvalue weighted by Crippen LogP contribution is 2.28. The number of nitrogens with zero attached hydrogens (tertiary/aromatic N) is 2. The first-order valence-corrected chi connectivity index (χ1v) is 7.65. The Hall–Kier alpha value is -1.73. The van der Waals surface area contributed by atoms with E-state index in [-0.39, 0.29) is 10.6 Å². The van der Waals surface area contributed by atoms with Crippen molar-refractivity contribution >= 4 is 33.0 Å². The summed E-state index contributed by atoms with van der Waals surface area (Å²) in [4.78, 5) is 0.0696. The molecule has 0 atom stereocenters. The number of aryl methyl sites for hydroxylation is 3. The molecular formula is C12H15ClN4O2S. The highest BCUT2D eigenvalue weighted by atomic mass is 35.5. The number of hydrogen-bond donors (Lipinski definition) is 2. The minimum absolute atomic E-state index is 0.0696. The lowest BCUT2D eigenvalue weighted by molar-refractivity contribution is 0.601. The first kappa shape index (κ1) is 14.7. The molecule has 0 spiro atoms. The van der Waals surface area contributed by atoms with Gasteiger partial charge in [-0.25, -0.2) is 8.42 Å². The zero-order valence-electron chi connectivity index (χ0n) is 11.3. The second kappa shape index (κ2) is 4.99. The number of benzene rings is 1. The van der Waals surface area contributed by atoms with Crippen LogP contribution in [0.3, 0.4) is 0 Å². The van der Waals surface area contributed by atoms with E-state index in [0.717, 1.165) is 0 Å². The second-order valence-electron chi connectivity index (χ2n) is 4.55. The Balaban J connectivity index is 2.43. The van der Waals surface area contributed by atoms with Crippen molar-refractivity contribution in [1.29, 1.82) is 0 Å². The summed E-state index contributed by atoms with van der Waals surface area (Å²) < 4.78 is 28.7. The van der Waals surface area contributed by atoms with Crippen molar-refractivity contribution in [2.75, 3.05) is 10.5 Å². The third kappa shape index (κ3) is 2.73. The van der Waals surface area contributed by atoms with Gasteiger partial charge in [0.2, 0.25) is 0 Å². The van der Waals surface area contributed by atoms with Gasteiger partial charge >= 0.3 is 0 Å². The monoisotopic (exact) mass is 314 g/mol. The predicted molar refractivity (Wildman–Crippen MR) is 79.4 cm³/mol. The summed E-state index contributed by atoms with van der Waals surface area (Å²) in [6.45, 7) is 3.42. The maximum Gasteiger partial charge on any atom is 0.262 e. The quantitative estimate of drug-likeness (QED) is 0.849. The average Bonchev–Trinajstić information content (AvgIpc) is 2.63. The molecule has 1 aromatic heterocycles. The Morgan fingerprint density at radius 3 is 2.50 bits per heavy atom. The van der Waals surface area contributed by atoms with Gasteiger partial charge in [-0.1, -0.05) is 11.6 Å². The maximum atomic E-state index is 12.3. The number of aromatic nitrogens is 2. The summed E-state index contributed by atoms with van der Waals surface area (Å²) in [6, 6.07) is 2.82. The lowest BCUT2D eigenvalue weighted by Crippen LogP contribution is -2.14. The van der Waals surface area contributed by atoms with E-state index in [2.05, 4.69) is 9.82 Å². The summed E-state index contributed by atoms with van der Waals surface area (Å²) in [6.07, 6.45) is 1.60. The molecule has 0 aliphatic carbocycles. The van der Waals surface area contributed by atoms with Crippen molar-refractivity contribution in [2.24, 2.45) is 7.05 Å². The van der Waals surface area contributed by atoms with E-state index in [4.69, 9.17) is 17.3 Å². The smallest absolute Gasteiger partial charge is 0.262 e. The highest BCUT2D eigenvalue weighted by molar-refractivity contribution is 7.92. The largest absolute Gasteiger partial charge is 0.397 e. The van der Waals surface area contributed by atoms with E-state index in [0.29, 0.717) is 22.0 Å². The number of anilines is 2. The molecule has 2 aromatic rings. The zero-order valence-corrected chi connectivity index (χ0v) is 12.9. The van der Waals surface area contributed by atoms with Crippen molar-refractivity contribution in [3.8, 4) is 0 Å². The molecule has 1 heterocycles. The average molecular weight is 315 g/mol. The van der Waals surface area contributed by atoms with Gasteiger partial charge < -0.3 is 5.73 Å². The summed E-state index contributed by atoms with van der Waals surface area (Å²) in [5.74, 6) is 0. The molecule has 0 bridgehead atoms. The van der Waals surface area contributed by atoms with Gasteiger partial charge in [-0.15, -0.1) is 0 Å². The number of hydrogen-bond acceptors (Lipinski definition) is 4. The van der Waals surface area contributed by atoms with E-state index in [9.17, 15) is 8.42 Å². The van der Waals surface area contributed by atoms with Gasteiger partial charge in [0.1, 0.15) is 0 Å². The molecule has 3 N–H and O–H groups in total. The molecule has 8 heteroatoms. The summed E-state index contributed by atoms with van der Waals surface area (Å²) >= 11 is 5.93. The molecule has 0 aliphatic rings. The molecule has 6 nitrogen and oxygen atoms in total. The van der Waals surface area contributed by atoms with E-state index >= 15 is 0 Å². The van der Waals surface area contributed by atoms with Crippen molar-refractivity contribution in [3.05, 3.63) is 34.6 Å². The van der Waals surface area contributed by atoms with Crippen LogP contribution in [-0.4, -0.2) is 18.2 Å². The Morgan fingerprint density at radius 2 is 2.00 bits per heavy atom. The minimum Gasteiger partial charge on any atom is -0.397 e. The van der Waals surface area contributed by atoms with Crippen LogP contribution in [0.5, 0.6) is 0 Å².